The average Bonchev–Trinajstić information content (AvgIpc) is 3.43. The van der Waals surface area contributed by atoms with Gasteiger partial charge in [-0.25, -0.2) is 0 Å². The molecule has 3 heterocycles. The first kappa shape index (κ1) is 23.5. The van der Waals surface area contributed by atoms with Crippen LogP contribution in [0.5, 0.6) is 5.75 Å². The van der Waals surface area contributed by atoms with E-state index >= 15 is 0 Å². The molecule has 0 N–H and O–H groups in total. The quantitative estimate of drug-likeness (QED) is 0.556. The molecule has 33 heavy (non-hydrogen) atoms. The summed E-state index contributed by atoms with van der Waals surface area (Å²) in [7, 11) is 0. The summed E-state index contributed by atoms with van der Waals surface area (Å²) in [5.74, 6) is 0.172. The highest BCUT2D eigenvalue weighted by molar-refractivity contribution is 8.23. The number of hydrogen-bond acceptors (Lipinski definition) is 8. The summed E-state index contributed by atoms with van der Waals surface area (Å²) in [6, 6.07) is 10.7. The van der Waals surface area contributed by atoms with Gasteiger partial charge in [0.2, 0.25) is 5.91 Å². The fraction of sp³-hybridized carbons (Fsp3) is 0.318. The van der Waals surface area contributed by atoms with Crippen LogP contribution in [0.2, 0.25) is 0 Å². The van der Waals surface area contributed by atoms with Gasteiger partial charge in [0.1, 0.15) is 17.5 Å². The minimum absolute atomic E-state index is 0.0141. The molecule has 0 radical (unpaired) electrons. The van der Waals surface area contributed by atoms with Gasteiger partial charge in [0, 0.05) is 30.3 Å². The molecule has 0 atom stereocenters. The molecule has 2 aromatic rings. The summed E-state index contributed by atoms with van der Waals surface area (Å²) in [6.45, 7) is 2.25. The third kappa shape index (κ3) is 4.99. The molecule has 1 aromatic heterocycles. The Hall–Kier alpha value is -2.63. The third-order valence-corrected chi connectivity index (χ3v) is 7.56. The van der Waals surface area contributed by atoms with Crippen LogP contribution < -0.4 is 10.3 Å². The van der Waals surface area contributed by atoms with Crippen molar-refractivity contribution in [1.29, 1.82) is 0 Å². The highest BCUT2D eigenvalue weighted by Gasteiger charge is 2.32. The highest BCUT2D eigenvalue weighted by Crippen LogP contribution is 2.25. The Bertz CT molecular complexity index is 1180. The molecule has 8 nitrogen and oxygen atoms in total. The van der Waals surface area contributed by atoms with Gasteiger partial charge >= 0.3 is 0 Å². The van der Waals surface area contributed by atoms with E-state index in [0.29, 0.717) is 22.3 Å². The van der Waals surface area contributed by atoms with Crippen molar-refractivity contribution in [2.45, 2.75) is 20.1 Å². The van der Waals surface area contributed by atoms with E-state index in [1.165, 1.54) is 27.3 Å². The molecule has 0 bridgehead atoms. The van der Waals surface area contributed by atoms with E-state index in [9.17, 15) is 19.2 Å². The Kier molecular flexibility index (Phi) is 7.20. The van der Waals surface area contributed by atoms with Crippen LogP contribution in [0.15, 0.2) is 41.2 Å². The monoisotopic (exact) mass is 503 g/mol. The van der Waals surface area contributed by atoms with Crippen LogP contribution >= 0.6 is 35.7 Å². The second-order valence-corrected chi connectivity index (χ2v) is 10.2. The maximum Gasteiger partial charge on any atom is 0.294 e. The number of imide groups is 1. The number of thiocarbonyl (C=S) groups is 1. The number of aryl methyl sites for hydroxylation is 1. The van der Waals surface area contributed by atoms with Gasteiger partial charge in [0.05, 0.1) is 5.56 Å². The van der Waals surface area contributed by atoms with Crippen molar-refractivity contribution < 1.29 is 19.1 Å². The van der Waals surface area contributed by atoms with E-state index in [1.807, 2.05) is 30.3 Å². The second-order valence-electron chi connectivity index (χ2n) is 7.42. The summed E-state index contributed by atoms with van der Waals surface area (Å²) < 4.78 is 7.61. The van der Waals surface area contributed by atoms with Crippen LogP contribution in [0.1, 0.15) is 21.6 Å². The van der Waals surface area contributed by atoms with E-state index in [0.717, 1.165) is 28.0 Å². The van der Waals surface area contributed by atoms with E-state index in [2.05, 4.69) is 0 Å². The summed E-state index contributed by atoms with van der Waals surface area (Å²) in [6.07, 6.45) is 0. The highest BCUT2D eigenvalue weighted by atomic mass is 32.2. The number of benzene rings is 1. The molecule has 0 aliphatic carbocycles. The number of rotatable bonds is 6. The number of ether oxygens (including phenoxy) is 1. The molecule has 2 saturated heterocycles. The lowest BCUT2D eigenvalue weighted by molar-refractivity contribution is -0.127. The normalized spacial score (nSPS) is 15.9. The van der Waals surface area contributed by atoms with Gasteiger partial charge in [-0.15, -0.1) is 0 Å². The first-order valence-corrected chi connectivity index (χ1v) is 12.6. The minimum atomic E-state index is -0.598. The van der Waals surface area contributed by atoms with Crippen molar-refractivity contribution in [3.63, 3.8) is 0 Å². The Morgan fingerprint density at radius 2 is 1.76 bits per heavy atom. The number of hydrogen-bond donors (Lipinski definition) is 0. The van der Waals surface area contributed by atoms with Gasteiger partial charge in [0.15, 0.2) is 5.75 Å². The predicted molar refractivity (Wildman–Crippen MR) is 132 cm³/mol. The summed E-state index contributed by atoms with van der Waals surface area (Å²) >= 11 is 7.70. The van der Waals surface area contributed by atoms with Gasteiger partial charge in [-0.1, -0.05) is 66.1 Å². The van der Waals surface area contributed by atoms with Crippen molar-refractivity contribution in [2.75, 3.05) is 24.6 Å². The smallest absolute Gasteiger partial charge is 0.294 e. The summed E-state index contributed by atoms with van der Waals surface area (Å²) in [5, 5.41) is -0.355. The fourth-order valence-corrected chi connectivity index (χ4v) is 5.56. The molecule has 2 aliphatic heterocycles. The van der Waals surface area contributed by atoms with Crippen LogP contribution in [0, 0.1) is 6.92 Å². The Morgan fingerprint density at radius 3 is 2.39 bits per heavy atom. The number of aromatic nitrogens is 1. The lowest BCUT2D eigenvalue weighted by Crippen LogP contribution is -2.38. The van der Waals surface area contributed by atoms with Crippen LogP contribution in [-0.2, 0) is 17.9 Å². The summed E-state index contributed by atoms with van der Waals surface area (Å²) in [4.78, 5) is 54.1. The Labute approximate surface area is 204 Å². The van der Waals surface area contributed by atoms with Crippen molar-refractivity contribution in [3.05, 3.63) is 63.6 Å². The van der Waals surface area contributed by atoms with Crippen LogP contribution in [0.4, 0.5) is 4.79 Å². The number of pyridine rings is 1. The maximum absolute atomic E-state index is 13.4. The molecular weight excluding hydrogens is 482 g/mol. The molecule has 1 aromatic carbocycles. The Balaban J connectivity index is 1.70. The van der Waals surface area contributed by atoms with Crippen molar-refractivity contribution in [3.8, 4) is 5.75 Å². The van der Waals surface area contributed by atoms with Crippen LogP contribution in [-0.4, -0.2) is 60.3 Å². The summed E-state index contributed by atoms with van der Waals surface area (Å²) in [5.41, 5.74) is 0.645. The number of carbonyl (C=O) groups excluding carboxylic acids is 3. The molecule has 0 saturated carbocycles. The lowest BCUT2D eigenvalue weighted by Gasteiger charge is -2.20. The number of amides is 3. The van der Waals surface area contributed by atoms with E-state index in [1.54, 1.807) is 6.92 Å². The topological polar surface area (TPSA) is 88.9 Å². The molecule has 3 amide bonds. The van der Waals surface area contributed by atoms with Crippen molar-refractivity contribution >= 4 is 57.1 Å². The SMILES string of the molecule is Cc1cc(C(=O)N2CCSC2=O)c(OCc2ccccc2)c(=O)n1CC(=O)N1CCSC1=S. The molecule has 2 aliphatic rings. The van der Waals surface area contributed by atoms with E-state index in [-0.39, 0.29) is 42.2 Å². The number of thioether (sulfide) groups is 2. The van der Waals surface area contributed by atoms with Gasteiger partial charge in [-0.3, -0.25) is 29.0 Å². The number of carbonyl (C=O) groups is 3. The molecule has 0 unspecified atom stereocenters. The molecule has 11 heteroatoms. The lowest BCUT2D eigenvalue weighted by atomic mass is 10.1. The van der Waals surface area contributed by atoms with Gasteiger partial charge < -0.3 is 9.30 Å². The van der Waals surface area contributed by atoms with Crippen LogP contribution in [0.25, 0.3) is 0 Å². The maximum atomic E-state index is 13.4. The molecular formula is C22H21N3O5S3. The zero-order valence-electron chi connectivity index (χ0n) is 17.8. The van der Waals surface area contributed by atoms with Gasteiger partial charge in [0.25, 0.3) is 16.7 Å². The molecule has 2 fully saturated rings. The van der Waals surface area contributed by atoms with Crippen molar-refractivity contribution in [1.82, 2.24) is 14.4 Å². The number of nitrogens with zero attached hydrogens (tertiary/aromatic N) is 3. The first-order valence-electron chi connectivity index (χ1n) is 10.2. The van der Waals surface area contributed by atoms with Gasteiger partial charge in [-0.05, 0) is 18.6 Å². The largest absolute Gasteiger partial charge is 0.482 e. The average molecular weight is 504 g/mol. The molecule has 0 spiro atoms. The van der Waals surface area contributed by atoms with E-state index < -0.39 is 11.5 Å². The second kappa shape index (κ2) is 10.1. The Morgan fingerprint density at radius 1 is 1.06 bits per heavy atom. The zero-order valence-corrected chi connectivity index (χ0v) is 20.3. The molecule has 4 rings (SSSR count). The molecule has 172 valence electrons. The van der Waals surface area contributed by atoms with Crippen molar-refractivity contribution in [2.24, 2.45) is 0 Å². The standard InChI is InChI=1S/C22H21N3O5S3/c1-14-11-16(19(27)24-8-9-32-21(24)29)18(30-13-15-5-3-2-4-6-15)20(28)25(14)12-17(26)23-7-10-33-22(23)31/h2-6,11H,7-10,12-13H2,1H3. The minimum Gasteiger partial charge on any atom is -0.482 e. The fourth-order valence-electron chi connectivity index (χ4n) is 3.54. The van der Waals surface area contributed by atoms with E-state index in [4.69, 9.17) is 17.0 Å². The third-order valence-electron chi connectivity index (χ3n) is 5.28. The predicted octanol–water partition coefficient (Wildman–Crippen LogP) is 2.91. The first-order chi connectivity index (χ1) is 15.9. The zero-order chi connectivity index (χ0) is 23.5. The van der Waals surface area contributed by atoms with Crippen LogP contribution in [0.3, 0.4) is 0 Å². The van der Waals surface area contributed by atoms with Gasteiger partial charge in [-0.2, -0.15) is 0 Å².